The zero-order chi connectivity index (χ0) is 28.9. The van der Waals surface area contributed by atoms with Gasteiger partial charge in [0.1, 0.15) is 11.4 Å². The highest BCUT2D eigenvalue weighted by molar-refractivity contribution is 7.89. The fraction of sp³-hybridized carbons (Fsp3) is 0.423. The molecule has 2 saturated heterocycles. The minimum Gasteiger partial charge on any atom is -0.417 e. The van der Waals surface area contributed by atoms with E-state index in [4.69, 9.17) is 4.74 Å². The molecule has 2 aromatic carbocycles. The number of nitrogens with one attached hydrogen (secondary N) is 1. The lowest BCUT2D eigenvalue weighted by atomic mass is 9.89. The fourth-order valence-corrected chi connectivity index (χ4v) is 6.60. The average Bonchev–Trinajstić information content (AvgIpc) is 3.40. The van der Waals surface area contributed by atoms with Gasteiger partial charge in [-0.05, 0) is 61.6 Å². The fourth-order valence-electron chi connectivity index (χ4n) is 5.12. The Bertz CT molecular complexity index is 1490. The number of carbonyl (C=O) groups is 2. The number of β-amino-alcohol motifs (C(OH)–C–C–N with tert-alkyl or cyclic N) is 1. The summed E-state index contributed by atoms with van der Waals surface area (Å²) in [5.41, 5.74) is 0.136. The van der Waals surface area contributed by atoms with E-state index >= 15 is 0 Å². The molecule has 3 aliphatic heterocycles. The number of ether oxygens (including phenoxy) is 1. The molecule has 0 aromatic heterocycles. The van der Waals surface area contributed by atoms with Gasteiger partial charge in [0, 0.05) is 24.3 Å². The number of aliphatic hydroxyl groups excluding tert-OH is 1. The molecule has 10 nitrogen and oxygen atoms in total. The smallest absolute Gasteiger partial charge is 0.416 e. The highest BCUT2D eigenvalue weighted by Gasteiger charge is 2.47. The summed E-state index contributed by atoms with van der Waals surface area (Å²) in [6, 6.07) is 9.66. The first-order chi connectivity index (χ1) is 18.8. The molecular formula is C26H27F3N4O6S. The van der Waals surface area contributed by atoms with E-state index < -0.39 is 45.6 Å². The molecule has 3 heterocycles. The number of nitrogens with zero attached hydrogens (tertiary/aromatic N) is 3. The van der Waals surface area contributed by atoms with Crippen molar-refractivity contribution in [2.75, 3.05) is 30.3 Å². The van der Waals surface area contributed by atoms with Crippen LogP contribution in [-0.2, 0) is 32.2 Å². The highest BCUT2D eigenvalue weighted by atomic mass is 32.2. The van der Waals surface area contributed by atoms with Gasteiger partial charge in [-0.2, -0.15) is 13.2 Å². The summed E-state index contributed by atoms with van der Waals surface area (Å²) in [5, 5.41) is 12.1. The molecular weight excluding hydrogens is 553 g/mol. The van der Waals surface area contributed by atoms with E-state index in [0.29, 0.717) is 5.69 Å². The lowest BCUT2D eigenvalue weighted by Crippen LogP contribution is -2.50. The number of carbonyl (C=O) groups excluding carboxylic acids is 2. The van der Waals surface area contributed by atoms with E-state index in [9.17, 15) is 36.3 Å². The molecule has 1 atom stereocenters. The van der Waals surface area contributed by atoms with E-state index in [-0.39, 0.29) is 56.0 Å². The number of hydrogen-bond acceptors (Lipinski definition) is 7. The number of anilines is 1. The third-order valence-electron chi connectivity index (χ3n) is 7.45. The maximum absolute atomic E-state index is 13.1. The van der Waals surface area contributed by atoms with Crippen LogP contribution in [0.2, 0.25) is 0 Å². The Labute approximate surface area is 228 Å². The van der Waals surface area contributed by atoms with Crippen LogP contribution in [0.3, 0.4) is 0 Å². The molecule has 2 N–H and O–H groups in total. The monoisotopic (exact) mass is 580 g/mol. The number of amidine groups is 1. The van der Waals surface area contributed by atoms with Crippen LogP contribution in [0, 0.1) is 6.92 Å². The van der Waals surface area contributed by atoms with E-state index in [2.05, 4.69) is 10.3 Å². The number of aliphatic imine (C=N–C) groups is 1. The number of cyclic esters (lactones) is 1. The van der Waals surface area contributed by atoms with Crippen LogP contribution in [0.25, 0.3) is 0 Å². The van der Waals surface area contributed by atoms with Crippen LogP contribution in [0.1, 0.15) is 35.1 Å². The minimum absolute atomic E-state index is 0.00591. The molecule has 2 fully saturated rings. The van der Waals surface area contributed by atoms with Gasteiger partial charge in [-0.25, -0.2) is 17.5 Å². The molecule has 214 valence electrons. The van der Waals surface area contributed by atoms with Gasteiger partial charge in [0.25, 0.3) is 5.91 Å². The molecule has 2 aromatic rings. The Kier molecular flexibility index (Phi) is 7.13. The summed E-state index contributed by atoms with van der Waals surface area (Å²) in [4.78, 5) is 30.4. The summed E-state index contributed by atoms with van der Waals surface area (Å²) in [6.07, 6.45) is -5.97. The van der Waals surface area contributed by atoms with Crippen molar-refractivity contribution >= 4 is 33.5 Å². The second kappa shape index (κ2) is 10.2. The Balaban J connectivity index is 1.22. The van der Waals surface area contributed by atoms with E-state index in [1.54, 1.807) is 25.1 Å². The van der Waals surface area contributed by atoms with Gasteiger partial charge >= 0.3 is 12.3 Å². The Morgan fingerprint density at radius 2 is 1.88 bits per heavy atom. The summed E-state index contributed by atoms with van der Waals surface area (Å²) >= 11 is 0. The molecule has 40 heavy (non-hydrogen) atoms. The largest absolute Gasteiger partial charge is 0.417 e. The van der Waals surface area contributed by atoms with Gasteiger partial charge in [0.2, 0.25) is 16.3 Å². The lowest BCUT2D eigenvalue weighted by molar-refractivity contribution is -0.137. The Morgan fingerprint density at radius 3 is 2.50 bits per heavy atom. The second-order valence-electron chi connectivity index (χ2n) is 10.0. The number of sulfonamides is 1. The standard InChI is InChI=1S/C26H27F3N4O6S/c1-16-13-20(33-15-21(34)39-24(33)36)6-5-17(16)7-12-40(37,38)32-10-8-25(9-11-32)23(35)30-22(31-25)18-3-2-4-19(14-18)26(27,28)29/h2-6,13-14,21,34H,7-12,15H2,1H3,(H,30,31,35)/t21-/m1/s1. The zero-order valence-electron chi connectivity index (χ0n) is 21.4. The number of amides is 2. The quantitative estimate of drug-likeness (QED) is 0.541. The van der Waals surface area contributed by atoms with Crippen LogP contribution < -0.4 is 10.2 Å². The highest BCUT2D eigenvalue weighted by Crippen LogP contribution is 2.34. The van der Waals surface area contributed by atoms with Crippen molar-refractivity contribution in [1.82, 2.24) is 9.62 Å². The van der Waals surface area contributed by atoms with Crippen molar-refractivity contribution in [1.29, 1.82) is 0 Å². The average molecular weight is 581 g/mol. The summed E-state index contributed by atoms with van der Waals surface area (Å²) in [6.45, 7) is 1.90. The number of halogens is 3. The summed E-state index contributed by atoms with van der Waals surface area (Å²) in [7, 11) is -3.68. The molecule has 1 spiro atoms. The van der Waals surface area contributed by atoms with Crippen LogP contribution in [0.4, 0.5) is 23.7 Å². The molecule has 2 amide bonds. The Morgan fingerprint density at radius 1 is 1.15 bits per heavy atom. The van der Waals surface area contributed by atoms with Crippen molar-refractivity contribution in [3.63, 3.8) is 0 Å². The maximum atomic E-state index is 13.1. The first kappa shape index (κ1) is 28.1. The SMILES string of the molecule is Cc1cc(N2C[C@H](O)OC2=O)ccc1CCS(=O)(=O)N1CCC2(CC1)N=C(c1cccc(C(F)(F)F)c1)NC2=O. The zero-order valence-corrected chi connectivity index (χ0v) is 22.3. The van der Waals surface area contributed by atoms with E-state index in [1.807, 2.05) is 0 Å². The number of aryl methyl sites for hydroxylation is 2. The molecule has 5 rings (SSSR count). The van der Waals surface area contributed by atoms with Gasteiger partial charge in [0.15, 0.2) is 0 Å². The van der Waals surface area contributed by atoms with Gasteiger partial charge in [-0.15, -0.1) is 0 Å². The van der Waals surface area contributed by atoms with Crippen molar-refractivity contribution in [2.24, 2.45) is 4.99 Å². The topological polar surface area (TPSA) is 129 Å². The number of benzene rings is 2. The number of aliphatic hydroxyl groups is 1. The van der Waals surface area contributed by atoms with E-state index in [0.717, 1.165) is 23.3 Å². The van der Waals surface area contributed by atoms with Crippen LogP contribution in [-0.4, -0.2) is 72.9 Å². The Hall–Kier alpha value is -3.49. The lowest BCUT2D eigenvalue weighted by Gasteiger charge is -2.34. The molecule has 14 heteroatoms. The van der Waals surface area contributed by atoms with Gasteiger partial charge < -0.3 is 15.2 Å². The third-order valence-corrected chi connectivity index (χ3v) is 9.32. The van der Waals surface area contributed by atoms with Crippen molar-refractivity contribution in [3.8, 4) is 0 Å². The maximum Gasteiger partial charge on any atom is 0.416 e. The molecule has 0 unspecified atom stereocenters. The second-order valence-corrected chi connectivity index (χ2v) is 12.1. The predicted octanol–water partition coefficient (Wildman–Crippen LogP) is 2.57. The van der Waals surface area contributed by atoms with Gasteiger partial charge in [-0.1, -0.05) is 18.2 Å². The summed E-state index contributed by atoms with van der Waals surface area (Å²) < 4.78 is 71.6. The molecule has 0 radical (unpaired) electrons. The first-order valence-electron chi connectivity index (χ1n) is 12.6. The van der Waals surface area contributed by atoms with E-state index in [1.165, 1.54) is 21.3 Å². The molecule has 0 saturated carbocycles. The number of hydrogen-bond donors (Lipinski definition) is 2. The van der Waals surface area contributed by atoms with Crippen LogP contribution in [0.15, 0.2) is 47.5 Å². The predicted molar refractivity (Wildman–Crippen MR) is 138 cm³/mol. The van der Waals surface area contributed by atoms with Crippen LogP contribution in [0.5, 0.6) is 0 Å². The minimum atomic E-state index is -4.54. The molecule has 3 aliphatic rings. The third kappa shape index (κ3) is 5.43. The van der Waals surface area contributed by atoms with Gasteiger partial charge in [0.05, 0.1) is 17.9 Å². The summed E-state index contributed by atoms with van der Waals surface area (Å²) in [5.74, 6) is -0.583. The van der Waals surface area contributed by atoms with Crippen molar-refractivity contribution < 1.29 is 41.0 Å². The number of alkyl halides is 3. The van der Waals surface area contributed by atoms with Crippen LogP contribution >= 0.6 is 0 Å². The number of piperidine rings is 1. The molecule has 0 bridgehead atoms. The number of rotatable bonds is 6. The van der Waals surface area contributed by atoms with Crippen molar-refractivity contribution in [3.05, 3.63) is 64.7 Å². The first-order valence-corrected chi connectivity index (χ1v) is 14.2. The normalized spacial score (nSPS) is 21.5. The van der Waals surface area contributed by atoms with Gasteiger partial charge in [-0.3, -0.25) is 14.7 Å². The van der Waals surface area contributed by atoms with Crippen molar-refractivity contribution in [2.45, 2.75) is 44.2 Å². The molecule has 0 aliphatic carbocycles.